The molecule has 2 aromatic rings. The number of fused-ring (bicyclic) bond motifs is 1. The number of sulfonamides is 1. The van der Waals surface area contributed by atoms with Crippen LogP contribution in [-0.2, 0) is 23.0 Å². The van der Waals surface area contributed by atoms with Gasteiger partial charge in [0.2, 0.25) is 10.0 Å². The number of nitrogens with one attached hydrogen (secondary N) is 2. The van der Waals surface area contributed by atoms with Crippen LogP contribution in [0, 0.1) is 0 Å². The summed E-state index contributed by atoms with van der Waals surface area (Å²) >= 11 is 0. The molecule has 1 aliphatic rings. The Morgan fingerprint density at radius 3 is 2.81 bits per heavy atom. The monoisotopic (exact) mass is 304 g/mol. The lowest BCUT2D eigenvalue weighted by Crippen LogP contribution is -2.24. The lowest BCUT2D eigenvalue weighted by Gasteiger charge is -2.20. The van der Waals surface area contributed by atoms with E-state index in [0.717, 1.165) is 25.2 Å². The molecule has 0 spiro atoms. The third-order valence-corrected chi connectivity index (χ3v) is 4.37. The van der Waals surface area contributed by atoms with E-state index in [-0.39, 0.29) is 4.90 Å². The second kappa shape index (κ2) is 5.44. The van der Waals surface area contributed by atoms with E-state index >= 15 is 0 Å². The van der Waals surface area contributed by atoms with Crippen LogP contribution in [0.5, 0.6) is 0 Å². The molecule has 1 aromatic carbocycles. The quantitative estimate of drug-likeness (QED) is 0.789. The van der Waals surface area contributed by atoms with Crippen LogP contribution in [0.2, 0.25) is 0 Å². The van der Waals surface area contributed by atoms with Gasteiger partial charge >= 0.3 is 0 Å². The van der Waals surface area contributed by atoms with Gasteiger partial charge in [0.25, 0.3) is 0 Å². The Morgan fingerprint density at radius 2 is 2.10 bits per heavy atom. The first kappa shape index (κ1) is 14.0. The summed E-state index contributed by atoms with van der Waals surface area (Å²) in [6, 6.07) is 9.15. The number of aromatic nitrogens is 1. The molecule has 0 unspecified atom stereocenters. The number of anilines is 2. The molecule has 0 fully saturated rings. The van der Waals surface area contributed by atoms with E-state index in [1.807, 2.05) is 12.1 Å². The minimum Gasteiger partial charge on any atom is -0.340 e. The highest BCUT2D eigenvalue weighted by Crippen LogP contribution is 2.25. The van der Waals surface area contributed by atoms with Gasteiger partial charge < -0.3 is 10.6 Å². The van der Waals surface area contributed by atoms with Crippen molar-refractivity contribution in [3.05, 3.63) is 47.7 Å². The molecule has 4 N–H and O–H groups in total. The summed E-state index contributed by atoms with van der Waals surface area (Å²) in [6.07, 6.45) is 2.21. The summed E-state index contributed by atoms with van der Waals surface area (Å²) in [7, 11) is -3.71. The van der Waals surface area contributed by atoms with E-state index in [9.17, 15) is 8.42 Å². The van der Waals surface area contributed by atoms with Crippen LogP contribution in [0.4, 0.5) is 11.5 Å². The van der Waals surface area contributed by atoms with Crippen molar-refractivity contribution in [3.63, 3.8) is 0 Å². The Kier molecular flexibility index (Phi) is 3.62. The molecule has 6 nitrogen and oxygen atoms in total. The Morgan fingerprint density at radius 1 is 1.24 bits per heavy atom. The van der Waals surface area contributed by atoms with E-state index in [4.69, 9.17) is 5.14 Å². The van der Waals surface area contributed by atoms with E-state index in [2.05, 4.69) is 21.7 Å². The van der Waals surface area contributed by atoms with Crippen molar-refractivity contribution in [1.29, 1.82) is 0 Å². The third kappa shape index (κ3) is 3.05. The third-order valence-electron chi connectivity index (χ3n) is 3.47. The minimum absolute atomic E-state index is 0.00680. The fraction of sp³-hybridized carbons (Fsp3) is 0.214. The maximum atomic E-state index is 11.2. The van der Waals surface area contributed by atoms with E-state index in [1.165, 1.54) is 23.4 Å². The largest absolute Gasteiger partial charge is 0.340 e. The van der Waals surface area contributed by atoms with Crippen molar-refractivity contribution >= 4 is 21.5 Å². The van der Waals surface area contributed by atoms with Crippen molar-refractivity contribution in [2.24, 2.45) is 5.14 Å². The highest BCUT2D eigenvalue weighted by molar-refractivity contribution is 7.89. The number of primary sulfonamides is 1. The van der Waals surface area contributed by atoms with Crippen LogP contribution in [0.15, 0.2) is 41.4 Å². The van der Waals surface area contributed by atoms with Gasteiger partial charge in [0, 0.05) is 18.4 Å². The maximum absolute atomic E-state index is 11.2. The van der Waals surface area contributed by atoms with Gasteiger partial charge in [-0.1, -0.05) is 12.1 Å². The van der Waals surface area contributed by atoms with Gasteiger partial charge in [0.15, 0.2) is 0 Å². The van der Waals surface area contributed by atoms with Gasteiger partial charge in [-0.15, -0.1) is 0 Å². The molecule has 110 valence electrons. The van der Waals surface area contributed by atoms with E-state index < -0.39 is 10.0 Å². The number of rotatable bonds is 3. The first-order valence-electron chi connectivity index (χ1n) is 6.61. The molecule has 0 radical (unpaired) electrons. The van der Waals surface area contributed by atoms with Gasteiger partial charge in [0.05, 0.1) is 0 Å². The van der Waals surface area contributed by atoms with Crippen LogP contribution in [-0.4, -0.2) is 19.9 Å². The lowest BCUT2D eigenvalue weighted by molar-refractivity contribution is 0.597. The minimum atomic E-state index is -3.71. The van der Waals surface area contributed by atoms with E-state index in [1.54, 1.807) is 6.07 Å². The summed E-state index contributed by atoms with van der Waals surface area (Å²) < 4.78 is 22.4. The fourth-order valence-electron chi connectivity index (χ4n) is 2.41. The molecule has 1 aliphatic heterocycles. The van der Waals surface area contributed by atoms with Crippen LogP contribution < -0.4 is 15.8 Å². The molecular formula is C14H16N4O2S. The van der Waals surface area contributed by atoms with Crippen molar-refractivity contribution < 1.29 is 8.42 Å². The number of hydrogen-bond acceptors (Lipinski definition) is 5. The summed E-state index contributed by atoms with van der Waals surface area (Å²) in [4.78, 5) is 4.11. The zero-order chi connectivity index (χ0) is 14.9. The molecule has 3 rings (SSSR count). The molecule has 0 aliphatic carbocycles. The zero-order valence-corrected chi connectivity index (χ0v) is 12.2. The number of nitrogens with two attached hydrogens (primary N) is 1. The molecule has 0 bridgehead atoms. The van der Waals surface area contributed by atoms with Gasteiger partial charge in [0.1, 0.15) is 10.7 Å². The smallest absolute Gasteiger partial charge is 0.239 e. The standard InChI is InChI=1S/C14H16N4O2S/c15-21(19,20)11-4-5-14(17-9-11)18-13-3-1-2-10-8-16-7-6-12(10)13/h1-5,9,16H,6-8H2,(H,17,18)(H2,15,19,20). The van der Waals surface area contributed by atoms with Crippen molar-refractivity contribution in [1.82, 2.24) is 10.3 Å². The number of hydrogen-bond donors (Lipinski definition) is 3. The van der Waals surface area contributed by atoms with Gasteiger partial charge in [-0.2, -0.15) is 0 Å². The van der Waals surface area contributed by atoms with Gasteiger partial charge in [-0.05, 0) is 42.3 Å². The summed E-state index contributed by atoms with van der Waals surface area (Å²) in [6.45, 7) is 1.81. The molecular weight excluding hydrogens is 288 g/mol. The molecule has 1 aromatic heterocycles. The Labute approximate surface area is 123 Å². The highest BCUT2D eigenvalue weighted by atomic mass is 32.2. The fourth-order valence-corrected chi connectivity index (χ4v) is 2.87. The first-order valence-corrected chi connectivity index (χ1v) is 8.16. The van der Waals surface area contributed by atoms with Crippen LogP contribution in [0.1, 0.15) is 11.1 Å². The Hall–Kier alpha value is -1.96. The lowest BCUT2D eigenvalue weighted by atomic mass is 9.99. The first-order chi connectivity index (χ1) is 10.0. The summed E-state index contributed by atoms with van der Waals surface area (Å²) in [5.74, 6) is 0.592. The molecule has 0 saturated carbocycles. The number of pyridine rings is 1. The van der Waals surface area contributed by atoms with Crippen molar-refractivity contribution in [2.45, 2.75) is 17.9 Å². The van der Waals surface area contributed by atoms with Crippen LogP contribution >= 0.6 is 0 Å². The predicted molar refractivity (Wildman–Crippen MR) is 80.7 cm³/mol. The predicted octanol–water partition coefficient (Wildman–Crippen LogP) is 1.12. The topological polar surface area (TPSA) is 97.1 Å². The molecule has 2 heterocycles. The zero-order valence-electron chi connectivity index (χ0n) is 11.3. The molecule has 0 atom stereocenters. The number of benzene rings is 1. The van der Waals surface area contributed by atoms with Gasteiger partial charge in [-0.3, -0.25) is 0 Å². The SMILES string of the molecule is NS(=O)(=O)c1ccc(Nc2cccc3c2CCNC3)nc1. The Bertz CT molecular complexity index is 757. The van der Waals surface area contributed by atoms with Crippen molar-refractivity contribution in [2.75, 3.05) is 11.9 Å². The highest BCUT2D eigenvalue weighted by Gasteiger charge is 2.13. The van der Waals surface area contributed by atoms with Gasteiger partial charge in [-0.25, -0.2) is 18.5 Å². The summed E-state index contributed by atoms with van der Waals surface area (Å²) in [5.41, 5.74) is 3.55. The van der Waals surface area contributed by atoms with Crippen molar-refractivity contribution in [3.8, 4) is 0 Å². The summed E-state index contributed by atoms with van der Waals surface area (Å²) in [5, 5.41) is 11.6. The average Bonchev–Trinajstić information content (AvgIpc) is 2.47. The van der Waals surface area contributed by atoms with Crippen LogP contribution in [0.3, 0.4) is 0 Å². The normalized spacial score (nSPS) is 14.5. The molecule has 21 heavy (non-hydrogen) atoms. The maximum Gasteiger partial charge on any atom is 0.239 e. The van der Waals surface area contributed by atoms with E-state index in [0.29, 0.717) is 5.82 Å². The average molecular weight is 304 g/mol. The number of nitrogens with zero attached hydrogens (tertiary/aromatic N) is 1. The van der Waals surface area contributed by atoms with Crippen LogP contribution in [0.25, 0.3) is 0 Å². The molecule has 0 saturated heterocycles. The Balaban J connectivity index is 1.87. The second-order valence-corrected chi connectivity index (χ2v) is 6.48. The second-order valence-electron chi connectivity index (χ2n) is 4.92. The molecule has 7 heteroatoms. The molecule has 0 amide bonds.